The van der Waals surface area contributed by atoms with Crippen molar-refractivity contribution in [1.82, 2.24) is 0 Å². The van der Waals surface area contributed by atoms with E-state index in [9.17, 15) is 15.0 Å². The number of aliphatic hydroxyl groups is 2. The van der Waals surface area contributed by atoms with Gasteiger partial charge in [-0.3, -0.25) is 4.79 Å². The fourth-order valence-electron chi connectivity index (χ4n) is 3.50. The summed E-state index contributed by atoms with van der Waals surface area (Å²) >= 11 is 0. The fraction of sp³-hybridized carbons (Fsp3) is 0.950. The van der Waals surface area contributed by atoms with Crippen LogP contribution in [0.4, 0.5) is 0 Å². The summed E-state index contributed by atoms with van der Waals surface area (Å²) in [4.78, 5) is 12.1. The summed E-state index contributed by atoms with van der Waals surface area (Å²) in [5, 5.41) is 19.7. The van der Waals surface area contributed by atoms with E-state index in [1.54, 1.807) is 6.92 Å². The molecule has 0 aromatic rings. The maximum absolute atomic E-state index is 12.1. The highest BCUT2D eigenvalue weighted by Crippen LogP contribution is 2.43. The Balaban J connectivity index is 1.63. The molecule has 26 heavy (non-hydrogen) atoms. The minimum absolute atomic E-state index is 0.0447. The Hall–Kier alpha value is -0.690. The molecule has 1 saturated carbocycles. The summed E-state index contributed by atoms with van der Waals surface area (Å²) in [7, 11) is 0. The normalized spacial score (nSPS) is 35.3. The number of ether oxygens (including phenoxy) is 3. The number of carbonyl (C=O) groups excluding carboxylic acids is 1. The SMILES string of the molecule is CCC(CC)COC(=O)[C@@H]1C[C@@H]1CC[C@@H](C)OC1O[C@@H](C)C(O)C[C@H]1O. The summed E-state index contributed by atoms with van der Waals surface area (Å²) in [5.74, 6) is 0.841. The van der Waals surface area contributed by atoms with Gasteiger partial charge in [0.2, 0.25) is 0 Å². The van der Waals surface area contributed by atoms with Gasteiger partial charge in [0.25, 0.3) is 0 Å². The van der Waals surface area contributed by atoms with E-state index in [4.69, 9.17) is 14.2 Å². The molecule has 0 bridgehead atoms. The van der Waals surface area contributed by atoms with E-state index >= 15 is 0 Å². The predicted molar refractivity (Wildman–Crippen MR) is 97.4 cm³/mol. The third kappa shape index (κ3) is 6.19. The van der Waals surface area contributed by atoms with Crippen LogP contribution < -0.4 is 0 Å². The van der Waals surface area contributed by atoms with Crippen LogP contribution in [0.1, 0.15) is 66.2 Å². The van der Waals surface area contributed by atoms with Crippen LogP contribution in [0, 0.1) is 17.8 Å². The van der Waals surface area contributed by atoms with Gasteiger partial charge in [0.05, 0.1) is 30.8 Å². The Kier molecular flexibility index (Phi) is 8.33. The van der Waals surface area contributed by atoms with Crippen LogP contribution in [0.3, 0.4) is 0 Å². The first-order valence-electron chi connectivity index (χ1n) is 10.2. The molecular weight excluding hydrogens is 336 g/mol. The van der Waals surface area contributed by atoms with Gasteiger partial charge in [-0.1, -0.05) is 26.7 Å². The maximum Gasteiger partial charge on any atom is 0.309 e. The number of esters is 1. The van der Waals surface area contributed by atoms with Gasteiger partial charge in [0, 0.05) is 6.42 Å². The second-order valence-corrected chi connectivity index (χ2v) is 8.02. The molecule has 2 aliphatic rings. The van der Waals surface area contributed by atoms with E-state index in [1.165, 1.54) is 0 Å². The second-order valence-electron chi connectivity index (χ2n) is 8.02. The molecule has 152 valence electrons. The summed E-state index contributed by atoms with van der Waals surface area (Å²) in [6.07, 6.45) is 2.41. The summed E-state index contributed by atoms with van der Waals surface area (Å²) < 4.78 is 16.8. The molecule has 0 amide bonds. The number of aliphatic hydroxyl groups excluding tert-OH is 2. The average molecular weight is 373 g/mol. The van der Waals surface area contributed by atoms with Crippen LogP contribution in [0.25, 0.3) is 0 Å². The first-order chi connectivity index (χ1) is 12.3. The lowest BCUT2D eigenvalue weighted by Gasteiger charge is -2.36. The minimum Gasteiger partial charge on any atom is -0.465 e. The average Bonchev–Trinajstić information content (AvgIpc) is 3.38. The van der Waals surface area contributed by atoms with Crippen LogP contribution >= 0.6 is 0 Å². The molecule has 1 aliphatic heterocycles. The number of rotatable bonds is 10. The second kappa shape index (κ2) is 10.0. The van der Waals surface area contributed by atoms with Crippen molar-refractivity contribution >= 4 is 5.97 Å². The van der Waals surface area contributed by atoms with Crippen molar-refractivity contribution in [1.29, 1.82) is 0 Å². The molecule has 0 radical (unpaired) electrons. The van der Waals surface area contributed by atoms with Crippen LogP contribution in [-0.4, -0.2) is 53.5 Å². The van der Waals surface area contributed by atoms with Crippen LogP contribution in [0.2, 0.25) is 0 Å². The molecule has 0 aromatic heterocycles. The van der Waals surface area contributed by atoms with Crippen molar-refractivity contribution in [3.05, 3.63) is 0 Å². The quantitative estimate of drug-likeness (QED) is 0.574. The van der Waals surface area contributed by atoms with Gasteiger partial charge in [0.15, 0.2) is 6.29 Å². The van der Waals surface area contributed by atoms with Crippen molar-refractivity contribution in [2.45, 2.75) is 96.9 Å². The molecule has 2 unspecified atom stereocenters. The van der Waals surface area contributed by atoms with Crippen molar-refractivity contribution < 1.29 is 29.2 Å². The largest absolute Gasteiger partial charge is 0.465 e. The molecule has 2 N–H and O–H groups in total. The highest BCUT2D eigenvalue weighted by atomic mass is 16.7. The molecule has 1 saturated heterocycles. The number of hydrogen-bond donors (Lipinski definition) is 2. The summed E-state index contributed by atoms with van der Waals surface area (Å²) in [5.41, 5.74) is 0. The molecule has 6 nitrogen and oxygen atoms in total. The first kappa shape index (κ1) is 21.6. The van der Waals surface area contributed by atoms with Crippen molar-refractivity contribution in [3.8, 4) is 0 Å². The smallest absolute Gasteiger partial charge is 0.309 e. The van der Waals surface area contributed by atoms with E-state index in [0.29, 0.717) is 18.4 Å². The van der Waals surface area contributed by atoms with Gasteiger partial charge in [0.1, 0.15) is 6.10 Å². The van der Waals surface area contributed by atoms with Gasteiger partial charge in [-0.2, -0.15) is 0 Å². The highest BCUT2D eigenvalue weighted by Gasteiger charge is 2.44. The fourth-order valence-corrected chi connectivity index (χ4v) is 3.50. The maximum atomic E-state index is 12.1. The molecule has 0 spiro atoms. The van der Waals surface area contributed by atoms with Gasteiger partial charge >= 0.3 is 5.97 Å². The topological polar surface area (TPSA) is 85.2 Å². The molecular formula is C20H36O6. The van der Waals surface area contributed by atoms with E-state index in [1.807, 2.05) is 6.92 Å². The molecule has 1 aliphatic carbocycles. The lowest BCUT2D eigenvalue weighted by atomic mass is 10.0. The molecule has 6 heteroatoms. The van der Waals surface area contributed by atoms with Crippen LogP contribution in [-0.2, 0) is 19.0 Å². The van der Waals surface area contributed by atoms with E-state index in [0.717, 1.165) is 32.1 Å². The molecule has 7 atom stereocenters. The van der Waals surface area contributed by atoms with Gasteiger partial charge in [-0.15, -0.1) is 0 Å². The zero-order chi connectivity index (χ0) is 19.3. The zero-order valence-electron chi connectivity index (χ0n) is 16.6. The van der Waals surface area contributed by atoms with Crippen LogP contribution in [0.15, 0.2) is 0 Å². The Labute approximate surface area is 157 Å². The van der Waals surface area contributed by atoms with E-state index < -0.39 is 18.5 Å². The number of carbonyl (C=O) groups is 1. The highest BCUT2D eigenvalue weighted by molar-refractivity contribution is 5.75. The Morgan fingerprint density at radius 2 is 1.88 bits per heavy atom. The van der Waals surface area contributed by atoms with Gasteiger partial charge in [-0.25, -0.2) is 0 Å². The Bertz CT molecular complexity index is 438. The predicted octanol–water partition coefficient (Wildman–Crippen LogP) is 2.64. The van der Waals surface area contributed by atoms with Crippen molar-refractivity contribution in [3.63, 3.8) is 0 Å². The third-order valence-electron chi connectivity index (χ3n) is 5.84. The first-order valence-corrected chi connectivity index (χ1v) is 10.2. The number of hydrogen-bond acceptors (Lipinski definition) is 6. The summed E-state index contributed by atoms with van der Waals surface area (Å²) in [6, 6.07) is 0. The molecule has 2 fully saturated rings. The minimum atomic E-state index is -0.808. The molecule has 0 aromatic carbocycles. The van der Waals surface area contributed by atoms with Crippen LogP contribution in [0.5, 0.6) is 0 Å². The monoisotopic (exact) mass is 372 g/mol. The van der Waals surface area contributed by atoms with Crippen molar-refractivity contribution in [2.24, 2.45) is 17.8 Å². The third-order valence-corrected chi connectivity index (χ3v) is 5.84. The molecule has 1 heterocycles. The lowest BCUT2D eigenvalue weighted by molar-refractivity contribution is -0.273. The molecule has 2 rings (SSSR count). The Morgan fingerprint density at radius 3 is 2.54 bits per heavy atom. The Morgan fingerprint density at radius 1 is 1.19 bits per heavy atom. The van der Waals surface area contributed by atoms with E-state index in [2.05, 4.69) is 13.8 Å². The zero-order valence-corrected chi connectivity index (χ0v) is 16.6. The summed E-state index contributed by atoms with van der Waals surface area (Å²) in [6.45, 7) is 8.51. The standard InChI is InChI=1S/C20H36O6/c1-5-14(6-2)11-24-19(23)16-9-15(16)8-7-12(3)25-20-18(22)10-17(21)13(4)26-20/h12-18,20-22H,5-11H2,1-4H3/t12-,13+,15+,16-,17?,18-,20?/m1/s1. The lowest BCUT2D eigenvalue weighted by Crippen LogP contribution is -2.48. The van der Waals surface area contributed by atoms with E-state index in [-0.39, 0.29) is 30.5 Å². The van der Waals surface area contributed by atoms with Gasteiger partial charge < -0.3 is 24.4 Å². The van der Waals surface area contributed by atoms with Gasteiger partial charge in [-0.05, 0) is 44.9 Å². The van der Waals surface area contributed by atoms with Crippen molar-refractivity contribution in [2.75, 3.05) is 6.61 Å².